The van der Waals surface area contributed by atoms with Crippen molar-refractivity contribution in [2.75, 3.05) is 0 Å². The summed E-state index contributed by atoms with van der Waals surface area (Å²) in [7, 11) is 0. The molecule has 2 N–H and O–H groups in total. The van der Waals surface area contributed by atoms with E-state index in [4.69, 9.17) is 17.3 Å². The molecule has 8 heteroatoms. The summed E-state index contributed by atoms with van der Waals surface area (Å²) < 4.78 is 1.26. The van der Waals surface area contributed by atoms with Gasteiger partial charge in [0.05, 0.1) is 11.1 Å². The summed E-state index contributed by atoms with van der Waals surface area (Å²) in [6.07, 6.45) is 1.60. The smallest absolute Gasteiger partial charge is 0.263 e. The third-order valence-corrected chi connectivity index (χ3v) is 4.30. The molecule has 0 radical (unpaired) electrons. The Bertz CT molecular complexity index is 1010. The Morgan fingerprint density at radius 3 is 2.74 bits per heavy atom. The second-order valence-electron chi connectivity index (χ2n) is 4.69. The molecule has 2 heterocycles. The van der Waals surface area contributed by atoms with Crippen LogP contribution in [0.2, 0.25) is 5.02 Å². The molecule has 0 fully saturated rings. The molecule has 0 aliphatic heterocycles. The fraction of sp³-hybridized carbons (Fsp3) is 0.0667. The number of carbonyl (C=O) groups excluding carboxylic acids is 1. The fourth-order valence-corrected chi connectivity index (χ4v) is 3.10. The standard InChI is InChI=1S/C15H11ClN4O2S/c16-9-3-5-10(6-4-9)19-15-20(8-12(17)21)14(22)11-2-1-7-18-13(11)23-15/h1-7H,8H2,(H2,17,21). The van der Waals surface area contributed by atoms with E-state index in [0.717, 1.165) is 0 Å². The topological polar surface area (TPSA) is 90.3 Å². The predicted molar refractivity (Wildman–Crippen MR) is 89.7 cm³/mol. The van der Waals surface area contributed by atoms with E-state index in [1.54, 1.807) is 42.6 Å². The first-order valence-corrected chi connectivity index (χ1v) is 7.81. The van der Waals surface area contributed by atoms with E-state index in [9.17, 15) is 9.59 Å². The van der Waals surface area contributed by atoms with E-state index in [0.29, 0.717) is 25.7 Å². The lowest BCUT2D eigenvalue weighted by Gasteiger charge is -2.05. The highest BCUT2D eigenvalue weighted by Crippen LogP contribution is 2.16. The van der Waals surface area contributed by atoms with Crippen molar-refractivity contribution in [3.8, 4) is 0 Å². The molecule has 0 aliphatic rings. The zero-order chi connectivity index (χ0) is 16.4. The summed E-state index contributed by atoms with van der Waals surface area (Å²) in [5.41, 5.74) is 5.51. The molecule has 3 aromatic rings. The number of aromatic nitrogens is 2. The molecule has 0 spiro atoms. The number of fused-ring (bicyclic) bond motifs is 1. The van der Waals surface area contributed by atoms with Gasteiger partial charge in [0.25, 0.3) is 5.56 Å². The van der Waals surface area contributed by atoms with Crippen LogP contribution in [0.5, 0.6) is 0 Å². The summed E-state index contributed by atoms with van der Waals surface area (Å²) in [4.78, 5) is 33.4. The number of benzene rings is 1. The second-order valence-corrected chi connectivity index (χ2v) is 6.08. The van der Waals surface area contributed by atoms with Gasteiger partial charge in [-0.3, -0.25) is 14.2 Å². The molecule has 0 atom stereocenters. The average molecular weight is 347 g/mol. The number of pyridine rings is 1. The van der Waals surface area contributed by atoms with Crippen LogP contribution < -0.4 is 16.1 Å². The largest absolute Gasteiger partial charge is 0.368 e. The van der Waals surface area contributed by atoms with Crippen LogP contribution >= 0.6 is 22.9 Å². The lowest BCUT2D eigenvalue weighted by atomic mass is 10.3. The maximum atomic E-state index is 12.6. The number of primary amides is 1. The van der Waals surface area contributed by atoms with Gasteiger partial charge >= 0.3 is 0 Å². The van der Waals surface area contributed by atoms with E-state index in [-0.39, 0.29) is 12.1 Å². The van der Waals surface area contributed by atoms with Crippen LogP contribution in [-0.2, 0) is 11.3 Å². The van der Waals surface area contributed by atoms with Gasteiger partial charge in [-0.05, 0) is 36.4 Å². The third kappa shape index (κ3) is 3.30. The maximum absolute atomic E-state index is 12.6. The van der Waals surface area contributed by atoms with Gasteiger partial charge in [-0.1, -0.05) is 22.9 Å². The van der Waals surface area contributed by atoms with Gasteiger partial charge in [-0.2, -0.15) is 0 Å². The molecule has 2 aromatic heterocycles. The van der Waals surface area contributed by atoms with Crippen molar-refractivity contribution in [3.05, 3.63) is 62.8 Å². The molecule has 6 nitrogen and oxygen atoms in total. The van der Waals surface area contributed by atoms with Gasteiger partial charge in [-0.15, -0.1) is 0 Å². The van der Waals surface area contributed by atoms with Crippen LogP contribution in [-0.4, -0.2) is 15.5 Å². The molecule has 1 aromatic carbocycles. The SMILES string of the molecule is NC(=O)Cn1c(=Nc2ccc(Cl)cc2)sc2ncccc2c1=O. The lowest BCUT2D eigenvalue weighted by Crippen LogP contribution is -2.36. The highest BCUT2D eigenvalue weighted by atomic mass is 35.5. The summed E-state index contributed by atoms with van der Waals surface area (Å²) in [5.74, 6) is -0.616. The molecule has 3 rings (SSSR count). The number of hydrogen-bond acceptors (Lipinski definition) is 5. The van der Waals surface area contributed by atoms with Gasteiger partial charge in [0, 0.05) is 11.2 Å². The predicted octanol–water partition coefficient (Wildman–Crippen LogP) is 1.83. The molecular weight excluding hydrogens is 336 g/mol. The van der Waals surface area contributed by atoms with Gasteiger partial charge in [0.1, 0.15) is 11.4 Å². The molecule has 0 bridgehead atoms. The minimum atomic E-state index is -0.616. The molecule has 0 saturated carbocycles. The Morgan fingerprint density at radius 1 is 1.30 bits per heavy atom. The molecule has 23 heavy (non-hydrogen) atoms. The highest BCUT2D eigenvalue weighted by molar-refractivity contribution is 7.15. The van der Waals surface area contributed by atoms with Crippen LogP contribution in [0.1, 0.15) is 0 Å². The normalized spacial score (nSPS) is 11.8. The maximum Gasteiger partial charge on any atom is 0.263 e. The first-order valence-electron chi connectivity index (χ1n) is 6.62. The Kier molecular flexibility index (Phi) is 4.22. The highest BCUT2D eigenvalue weighted by Gasteiger charge is 2.09. The van der Waals surface area contributed by atoms with Crippen molar-refractivity contribution in [1.29, 1.82) is 0 Å². The Morgan fingerprint density at radius 2 is 2.04 bits per heavy atom. The van der Waals surface area contributed by atoms with Crippen LogP contribution in [0.15, 0.2) is 52.4 Å². The Labute approximate surface area is 139 Å². The molecule has 0 unspecified atom stereocenters. The van der Waals surface area contributed by atoms with E-state index in [1.807, 2.05) is 0 Å². The number of hydrogen-bond donors (Lipinski definition) is 1. The summed E-state index contributed by atoms with van der Waals surface area (Å²) in [6.45, 7) is -0.243. The van der Waals surface area contributed by atoms with E-state index < -0.39 is 5.91 Å². The van der Waals surface area contributed by atoms with Gasteiger partial charge in [-0.25, -0.2) is 9.98 Å². The van der Waals surface area contributed by atoms with Crippen LogP contribution in [0.3, 0.4) is 0 Å². The number of nitrogens with zero attached hydrogens (tertiary/aromatic N) is 3. The van der Waals surface area contributed by atoms with E-state index >= 15 is 0 Å². The first kappa shape index (κ1) is 15.4. The van der Waals surface area contributed by atoms with E-state index in [1.165, 1.54) is 15.9 Å². The second kappa shape index (κ2) is 6.31. The number of nitrogens with two attached hydrogens (primary N) is 1. The zero-order valence-electron chi connectivity index (χ0n) is 11.8. The number of carbonyl (C=O) groups is 1. The van der Waals surface area contributed by atoms with Crippen molar-refractivity contribution in [3.63, 3.8) is 0 Å². The lowest BCUT2D eigenvalue weighted by molar-refractivity contribution is -0.118. The van der Waals surface area contributed by atoms with Crippen LogP contribution in [0, 0.1) is 0 Å². The monoisotopic (exact) mass is 346 g/mol. The zero-order valence-corrected chi connectivity index (χ0v) is 13.3. The third-order valence-electron chi connectivity index (χ3n) is 3.03. The van der Waals surface area contributed by atoms with Gasteiger partial charge in [0.15, 0.2) is 4.80 Å². The molecule has 116 valence electrons. The Hall–Kier alpha value is -2.51. The summed E-state index contributed by atoms with van der Waals surface area (Å²) in [6, 6.07) is 10.2. The van der Waals surface area contributed by atoms with Crippen LogP contribution in [0.25, 0.3) is 10.2 Å². The van der Waals surface area contributed by atoms with Gasteiger partial charge in [0.2, 0.25) is 5.91 Å². The van der Waals surface area contributed by atoms with Crippen molar-refractivity contribution in [2.24, 2.45) is 10.7 Å². The molecular formula is C15H11ClN4O2S. The minimum absolute atomic E-state index is 0.243. The first-order chi connectivity index (χ1) is 11.0. The number of amides is 1. The van der Waals surface area contributed by atoms with Crippen molar-refractivity contribution in [2.45, 2.75) is 6.54 Å². The molecule has 0 saturated heterocycles. The molecule has 1 amide bonds. The molecule has 0 aliphatic carbocycles. The fourth-order valence-electron chi connectivity index (χ4n) is 2.01. The summed E-state index contributed by atoms with van der Waals surface area (Å²) >= 11 is 7.07. The van der Waals surface area contributed by atoms with Crippen molar-refractivity contribution < 1.29 is 4.79 Å². The van der Waals surface area contributed by atoms with E-state index in [2.05, 4.69) is 9.98 Å². The average Bonchev–Trinajstić information content (AvgIpc) is 2.53. The quantitative estimate of drug-likeness (QED) is 0.784. The van der Waals surface area contributed by atoms with Gasteiger partial charge < -0.3 is 5.73 Å². The van der Waals surface area contributed by atoms with Crippen LogP contribution in [0.4, 0.5) is 5.69 Å². The Balaban J connectivity index is 2.31. The number of rotatable bonds is 3. The van der Waals surface area contributed by atoms with Crippen molar-refractivity contribution >= 4 is 44.7 Å². The summed E-state index contributed by atoms with van der Waals surface area (Å²) in [5, 5.41) is 1.01. The number of halogens is 1. The van der Waals surface area contributed by atoms with Crippen molar-refractivity contribution in [1.82, 2.24) is 9.55 Å². The minimum Gasteiger partial charge on any atom is -0.368 e.